The molecule has 0 bridgehead atoms. The Bertz CT molecular complexity index is 502. The number of nitrogens with zero attached hydrogens (tertiary/aromatic N) is 2. The van der Waals surface area contributed by atoms with Gasteiger partial charge in [0.1, 0.15) is 5.75 Å². The lowest BCUT2D eigenvalue weighted by Crippen LogP contribution is -2.40. The van der Waals surface area contributed by atoms with Crippen molar-refractivity contribution >= 4 is 5.96 Å². The van der Waals surface area contributed by atoms with Crippen LogP contribution in [0.2, 0.25) is 0 Å². The molecule has 0 amide bonds. The average Bonchev–Trinajstić information content (AvgIpc) is 2.64. The maximum absolute atomic E-state index is 5.38. The number of methoxy groups -OCH3 is 1. The van der Waals surface area contributed by atoms with Crippen LogP contribution in [0.3, 0.4) is 0 Å². The molecule has 2 N–H and O–H groups in total. The van der Waals surface area contributed by atoms with E-state index in [9.17, 15) is 0 Å². The highest BCUT2D eigenvalue weighted by molar-refractivity contribution is 5.79. The number of nitrogens with one attached hydrogen (secondary N) is 2. The molecule has 0 aromatic heterocycles. The van der Waals surface area contributed by atoms with Crippen LogP contribution < -0.4 is 15.4 Å². The number of guanidine groups is 1. The van der Waals surface area contributed by atoms with Crippen LogP contribution in [0.1, 0.15) is 18.9 Å². The van der Waals surface area contributed by atoms with Crippen molar-refractivity contribution in [3.63, 3.8) is 0 Å². The summed E-state index contributed by atoms with van der Waals surface area (Å²) in [6, 6.07) is 8.00. The monoisotopic (exact) mass is 334 g/mol. The van der Waals surface area contributed by atoms with E-state index in [1.165, 1.54) is 0 Å². The van der Waals surface area contributed by atoms with Crippen molar-refractivity contribution in [3.8, 4) is 5.75 Å². The van der Waals surface area contributed by atoms with Crippen LogP contribution in [-0.2, 0) is 11.3 Å². The molecule has 1 aromatic carbocycles. The molecule has 0 radical (unpaired) electrons. The standard InChI is InChI=1S/C18H30N4O2/c1-3-19-18(20-9-6-10-22-11-13-24-14-12-22)21-15-16-7-4-5-8-17(16)23-2/h4-5,7-8H,3,6,9-15H2,1-2H3,(H2,19,20,21). The van der Waals surface area contributed by atoms with Crippen molar-refractivity contribution < 1.29 is 9.47 Å². The zero-order valence-corrected chi connectivity index (χ0v) is 14.9. The largest absolute Gasteiger partial charge is 0.496 e. The number of rotatable bonds is 8. The highest BCUT2D eigenvalue weighted by atomic mass is 16.5. The van der Waals surface area contributed by atoms with Gasteiger partial charge < -0.3 is 20.1 Å². The van der Waals surface area contributed by atoms with Gasteiger partial charge >= 0.3 is 0 Å². The van der Waals surface area contributed by atoms with Crippen molar-refractivity contribution in [3.05, 3.63) is 29.8 Å². The zero-order valence-electron chi connectivity index (χ0n) is 14.9. The van der Waals surface area contributed by atoms with Gasteiger partial charge in [0, 0.05) is 31.7 Å². The smallest absolute Gasteiger partial charge is 0.191 e. The third kappa shape index (κ3) is 6.37. The Labute approximate surface area is 145 Å². The summed E-state index contributed by atoms with van der Waals surface area (Å²) in [5, 5.41) is 6.70. The Balaban J connectivity index is 1.77. The van der Waals surface area contributed by atoms with Gasteiger partial charge in [0.15, 0.2) is 5.96 Å². The van der Waals surface area contributed by atoms with Gasteiger partial charge in [0.2, 0.25) is 0 Å². The number of hydrogen-bond donors (Lipinski definition) is 2. The molecule has 1 aliphatic heterocycles. The van der Waals surface area contributed by atoms with Gasteiger partial charge in [-0.3, -0.25) is 4.90 Å². The molecule has 1 saturated heterocycles. The van der Waals surface area contributed by atoms with E-state index in [4.69, 9.17) is 9.47 Å². The van der Waals surface area contributed by atoms with E-state index in [1.807, 2.05) is 24.3 Å². The second-order valence-corrected chi connectivity index (χ2v) is 5.74. The lowest BCUT2D eigenvalue weighted by molar-refractivity contribution is 0.0376. The van der Waals surface area contributed by atoms with Gasteiger partial charge in [-0.25, -0.2) is 4.99 Å². The molecule has 0 aliphatic carbocycles. The van der Waals surface area contributed by atoms with Crippen molar-refractivity contribution in [2.45, 2.75) is 19.9 Å². The quantitative estimate of drug-likeness (QED) is 0.428. The summed E-state index contributed by atoms with van der Waals surface area (Å²) in [6.45, 7) is 9.34. The first-order valence-electron chi connectivity index (χ1n) is 8.77. The average molecular weight is 334 g/mol. The number of benzene rings is 1. The van der Waals surface area contributed by atoms with Gasteiger partial charge in [0.25, 0.3) is 0 Å². The molecule has 134 valence electrons. The number of hydrogen-bond acceptors (Lipinski definition) is 4. The van der Waals surface area contributed by atoms with E-state index < -0.39 is 0 Å². The minimum atomic E-state index is 0.600. The number of ether oxygens (including phenoxy) is 2. The Morgan fingerprint density at radius 2 is 2.04 bits per heavy atom. The maximum atomic E-state index is 5.38. The Morgan fingerprint density at radius 3 is 2.79 bits per heavy atom. The minimum absolute atomic E-state index is 0.600. The summed E-state index contributed by atoms with van der Waals surface area (Å²) in [5.74, 6) is 1.73. The molecule has 0 unspecified atom stereocenters. The van der Waals surface area contributed by atoms with Crippen LogP contribution in [0.4, 0.5) is 0 Å². The molecule has 6 nitrogen and oxygen atoms in total. The number of para-hydroxylation sites is 1. The SMILES string of the molecule is CCNC(=NCc1ccccc1OC)NCCCN1CCOCC1. The fraction of sp³-hybridized carbons (Fsp3) is 0.611. The minimum Gasteiger partial charge on any atom is -0.496 e. The fourth-order valence-corrected chi connectivity index (χ4v) is 2.67. The van der Waals surface area contributed by atoms with E-state index in [-0.39, 0.29) is 0 Å². The van der Waals surface area contributed by atoms with Crippen LogP contribution in [0.25, 0.3) is 0 Å². The van der Waals surface area contributed by atoms with Crippen LogP contribution in [-0.4, -0.2) is 63.9 Å². The molecular weight excluding hydrogens is 304 g/mol. The summed E-state index contributed by atoms with van der Waals surface area (Å²) in [4.78, 5) is 7.11. The van der Waals surface area contributed by atoms with Crippen molar-refractivity contribution in [1.29, 1.82) is 0 Å². The lowest BCUT2D eigenvalue weighted by atomic mass is 10.2. The number of morpholine rings is 1. The van der Waals surface area contributed by atoms with E-state index in [0.717, 1.165) is 69.6 Å². The molecule has 0 atom stereocenters. The second kappa shape index (κ2) is 10.9. The van der Waals surface area contributed by atoms with Crippen molar-refractivity contribution in [1.82, 2.24) is 15.5 Å². The van der Waals surface area contributed by atoms with Crippen molar-refractivity contribution in [2.24, 2.45) is 4.99 Å². The van der Waals surface area contributed by atoms with E-state index >= 15 is 0 Å². The highest BCUT2D eigenvalue weighted by Gasteiger charge is 2.09. The Morgan fingerprint density at radius 1 is 1.25 bits per heavy atom. The summed E-state index contributed by atoms with van der Waals surface area (Å²) in [5.41, 5.74) is 1.09. The number of aliphatic imine (C=N–C) groups is 1. The summed E-state index contributed by atoms with van der Waals surface area (Å²) in [6.07, 6.45) is 1.10. The highest BCUT2D eigenvalue weighted by Crippen LogP contribution is 2.17. The van der Waals surface area contributed by atoms with E-state index in [2.05, 4.69) is 27.4 Å². The summed E-state index contributed by atoms with van der Waals surface area (Å²) in [7, 11) is 1.69. The van der Waals surface area contributed by atoms with Crippen LogP contribution in [0.5, 0.6) is 5.75 Å². The Kier molecular flexibility index (Phi) is 8.41. The van der Waals surface area contributed by atoms with E-state index in [0.29, 0.717) is 6.54 Å². The molecule has 1 fully saturated rings. The molecule has 2 rings (SSSR count). The zero-order chi connectivity index (χ0) is 17.0. The first-order chi connectivity index (χ1) is 11.8. The fourth-order valence-electron chi connectivity index (χ4n) is 2.67. The first kappa shape index (κ1) is 18.5. The van der Waals surface area contributed by atoms with Gasteiger partial charge in [-0.2, -0.15) is 0 Å². The van der Waals surface area contributed by atoms with Crippen LogP contribution >= 0.6 is 0 Å². The van der Waals surface area contributed by atoms with Crippen LogP contribution in [0, 0.1) is 0 Å². The maximum Gasteiger partial charge on any atom is 0.191 e. The second-order valence-electron chi connectivity index (χ2n) is 5.74. The van der Waals surface area contributed by atoms with Gasteiger partial charge in [0.05, 0.1) is 26.9 Å². The van der Waals surface area contributed by atoms with Crippen molar-refractivity contribution in [2.75, 3.05) is 53.0 Å². The summed E-state index contributed by atoms with van der Waals surface area (Å²) < 4.78 is 10.7. The molecule has 1 heterocycles. The Hall–Kier alpha value is -1.79. The van der Waals surface area contributed by atoms with Gasteiger partial charge in [-0.1, -0.05) is 18.2 Å². The van der Waals surface area contributed by atoms with Crippen LogP contribution in [0.15, 0.2) is 29.3 Å². The van der Waals surface area contributed by atoms with Gasteiger partial charge in [-0.15, -0.1) is 0 Å². The third-order valence-corrected chi connectivity index (χ3v) is 3.99. The normalized spacial score (nSPS) is 16.0. The van der Waals surface area contributed by atoms with Gasteiger partial charge in [-0.05, 0) is 26.0 Å². The predicted molar refractivity (Wildman–Crippen MR) is 97.7 cm³/mol. The van der Waals surface area contributed by atoms with E-state index in [1.54, 1.807) is 7.11 Å². The molecule has 0 spiro atoms. The molecule has 24 heavy (non-hydrogen) atoms. The summed E-state index contributed by atoms with van der Waals surface area (Å²) >= 11 is 0. The molecule has 0 saturated carbocycles. The predicted octanol–water partition coefficient (Wildman–Crippen LogP) is 1.47. The molecule has 6 heteroatoms. The lowest BCUT2D eigenvalue weighted by Gasteiger charge is -2.26. The molecule has 1 aromatic rings. The topological polar surface area (TPSA) is 58.1 Å². The first-order valence-corrected chi connectivity index (χ1v) is 8.77. The third-order valence-electron chi connectivity index (χ3n) is 3.99. The molecular formula is C18H30N4O2. The molecule has 1 aliphatic rings.